The summed E-state index contributed by atoms with van der Waals surface area (Å²) in [6, 6.07) is 2.43. The highest BCUT2D eigenvalue weighted by Gasteiger charge is 2.47. The number of nitrogens with zero attached hydrogens (tertiary/aromatic N) is 3. The molecule has 2 N–H and O–H groups in total. The molecule has 0 fully saturated rings. The minimum atomic E-state index is -4.88. The number of rotatable bonds is 3. The third kappa shape index (κ3) is 5.37. The van der Waals surface area contributed by atoms with Gasteiger partial charge < -0.3 is 5.32 Å². The average molecular weight is 441 g/mol. The summed E-state index contributed by atoms with van der Waals surface area (Å²) in [6.45, 7) is 7.97. The van der Waals surface area contributed by atoms with Crippen LogP contribution in [0.25, 0.3) is 4.85 Å². The van der Waals surface area contributed by atoms with Gasteiger partial charge in [-0.2, -0.15) is 31.4 Å². The number of sulfonamides is 1. The molecule has 0 radical (unpaired) electrons. The van der Waals surface area contributed by atoms with Crippen molar-refractivity contribution in [3.63, 3.8) is 0 Å². The number of hydrogen-bond donors (Lipinski definition) is 2. The van der Waals surface area contributed by atoms with E-state index in [9.17, 15) is 34.8 Å². The number of halogens is 6. The quantitative estimate of drug-likeness (QED) is 0.324. The molecule has 1 atom stereocenters. The molecule has 14 heteroatoms. The van der Waals surface area contributed by atoms with Crippen molar-refractivity contribution in [1.29, 1.82) is 0 Å². The van der Waals surface area contributed by atoms with E-state index in [2.05, 4.69) is 25.1 Å². The van der Waals surface area contributed by atoms with Crippen LogP contribution in [-0.4, -0.2) is 37.9 Å². The third-order valence-corrected chi connectivity index (χ3v) is 4.26. The molecule has 1 aromatic carbocycles. The van der Waals surface area contributed by atoms with Gasteiger partial charge in [-0.15, -0.1) is 4.40 Å². The van der Waals surface area contributed by atoms with Gasteiger partial charge in [0.1, 0.15) is 17.1 Å². The SMILES string of the molecule is [C-]#[N+]c1ccc(NC(=NS(C)(=O)=O)C2(C)CC(C(F)(F)F)=NN2)cc1C(F)(F)F. The normalized spacial score (nSPS) is 20.7. The van der Waals surface area contributed by atoms with Crippen molar-refractivity contribution < 1.29 is 34.8 Å². The van der Waals surface area contributed by atoms with Gasteiger partial charge in [0.2, 0.25) is 0 Å². The first kappa shape index (κ1) is 22.5. The second-order valence-corrected chi connectivity index (χ2v) is 7.96. The van der Waals surface area contributed by atoms with E-state index in [0.29, 0.717) is 12.3 Å². The summed E-state index contributed by atoms with van der Waals surface area (Å²) in [4.78, 5) is 2.77. The maximum atomic E-state index is 13.1. The molecule has 0 bridgehead atoms. The predicted molar refractivity (Wildman–Crippen MR) is 93.3 cm³/mol. The second kappa shape index (κ2) is 7.21. The highest BCUT2D eigenvalue weighted by Crippen LogP contribution is 2.38. The molecular formula is C15H13F6N5O2S. The minimum Gasteiger partial charge on any atom is -0.341 e. The predicted octanol–water partition coefficient (Wildman–Crippen LogP) is 3.70. The van der Waals surface area contributed by atoms with E-state index in [1.54, 1.807) is 0 Å². The van der Waals surface area contributed by atoms with Crippen LogP contribution in [0.1, 0.15) is 18.9 Å². The van der Waals surface area contributed by atoms with Crippen molar-refractivity contribution in [3.8, 4) is 0 Å². The van der Waals surface area contributed by atoms with Gasteiger partial charge in [-0.25, -0.2) is 13.3 Å². The zero-order valence-corrected chi connectivity index (χ0v) is 15.6. The van der Waals surface area contributed by atoms with Crippen molar-refractivity contribution in [2.45, 2.75) is 31.2 Å². The lowest BCUT2D eigenvalue weighted by Gasteiger charge is -2.27. The molecule has 7 nitrogen and oxygen atoms in total. The van der Waals surface area contributed by atoms with Crippen LogP contribution >= 0.6 is 0 Å². The molecular weight excluding hydrogens is 428 g/mol. The van der Waals surface area contributed by atoms with E-state index >= 15 is 0 Å². The lowest BCUT2D eigenvalue weighted by atomic mass is 9.95. The third-order valence-electron chi connectivity index (χ3n) is 3.75. The Balaban J connectivity index is 2.48. The fraction of sp³-hybridized carbons (Fsp3) is 0.400. The van der Waals surface area contributed by atoms with E-state index < -0.39 is 57.1 Å². The Labute approximate surface area is 161 Å². The summed E-state index contributed by atoms with van der Waals surface area (Å²) in [5.74, 6) is -0.591. The largest absolute Gasteiger partial charge is 0.431 e. The molecule has 0 aromatic heterocycles. The van der Waals surface area contributed by atoms with E-state index in [1.165, 1.54) is 0 Å². The summed E-state index contributed by atoms with van der Waals surface area (Å²) in [5.41, 5.74) is -3.20. The van der Waals surface area contributed by atoms with Crippen LogP contribution in [0.15, 0.2) is 27.7 Å². The maximum Gasteiger partial charge on any atom is 0.431 e. The van der Waals surface area contributed by atoms with Gasteiger partial charge in [-0.1, -0.05) is 6.07 Å². The molecule has 0 saturated heterocycles. The van der Waals surface area contributed by atoms with Crippen LogP contribution in [0, 0.1) is 6.57 Å². The Bertz CT molecular complexity index is 1020. The van der Waals surface area contributed by atoms with Crippen molar-refractivity contribution in [1.82, 2.24) is 5.43 Å². The van der Waals surface area contributed by atoms with Gasteiger partial charge in [-0.05, 0) is 19.1 Å². The molecule has 1 aromatic rings. The fourth-order valence-corrected chi connectivity index (χ4v) is 2.99. The van der Waals surface area contributed by atoms with E-state index in [1.807, 2.05) is 0 Å². The molecule has 1 heterocycles. The number of hydrazone groups is 1. The zero-order chi connectivity index (χ0) is 22.3. The molecule has 1 aliphatic rings. The summed E-state index contributed by atoms with van der Waals surface area (Å²) >= 11 is 0. The van der Waals surface area contributed by atoms with Crippen molar-refractivity contribution >= 4 is 32.9 Å². The highest BCUT2D eigenvalue weighted by atomic mass is 32.2. The van der Waals surface area contributed by atoms with Crippen LogP contribution in [0.5, 0.6) is 0 Å². The summed E-state index contributed by atoms with van der Waals surface area (Å²) in [5, 5.41) is 5.46. The number of alkyl halides is 6. The summed E-state index contributed by atoms with van der Waals surface area (Å²) in [7, 11) is -4.14. The van der Waals surface area contributed by atoms with Crippen LogP contribution < -0.4 is 10.7 Å². The zero-order valence-electron chi connectivity index (χ0n) is 14.8. The molecule has 158 valence electrons. The fourth-order valence-electron chi connectivity index (χ4n) is 2.41. The van der Waals surface area contributed by atoms with Crippen molar-refractivity contribution in [2.75, 3.05) is 11.6 Å². The standard InChI is InChI=1S/C15H13F6N5O2S/c1-13(7-11(24-26-13)15(19,20)21)12(25-29(3,27)28)23-8-4-5-10(22-2)9(6-8)14(16,17)18/h4-6,26H,7H2,1,3H3,(H,23,25). The lowest BCUT2D eigenvalue weighted by Crippen LogP contribution is -2.48. The molecule has 0 spiro atoms. The minimum absolute atomic E-state index is 0.324. The Morgan fingerprint density at radius 3 is 2.34 bits per heavy atom. The van der Waals surface area contributed by atoms with E-state index in [4.69, 9.17) is 6.57 Å². The van der Waals surface area contributed by atoms with E-state index in [-0.39, 0.29) is 5.69 Å². The Morgan fingerprint density at radius 2 is 1.90 bits per heavy atom. The van der Waals surface area contributed by atoms with Crippen molar-refractivity contribution in [2.24, 2.45) is 9.50 Å². The summed E-state index contributed by atoms with van der Waals surface area (Å²) < 4.78 is 105. The van der Waals surface area contributed by atoms with Crippen LogP contribution in [0.2, 0.25) is 0 Å². The lowest BCUT2D eigenvalue weighted by molar-refractivity contribution is -0.136. The topological polar surface area (TPSA) is 87.3 Å². The van der Waals surface area contributed by atoms with Crippen molar-refractivity contribution in [3.05, 3.63) is 35.2 Å². The van der Waals surface area contributed by atoms with Gasteiger partial charge in [0.25, 0.3) is 10.0 Å². The Hall–Kier alpha value is -2.82. The molecule has 0 saturated carbocycles. The molecule has 2 rings (SSSR count). The first-order valence-corrected chi connectivity index (χ1v) is 9.47. The van der Waals surface area contributed by atoms with E-state index in [0.717, 1.165) is 19.1 Å². The monoisotopic (exact) mass is 441 g/mol. The first-order valence-electron chi connectivity index (χ1n) is 7.62. The van der Waals surface area contributed by atoms with Gasteiger partial charge in [-0.3, -0.25) is 5.43 Å². The van der Waals surface area contributed by atoms with Crippen LogP contribution in [0.3, 0.4) is 0 Å². The van der Waals surface area contributed by atoms with Gasteiger partial charge in [0.15, 0.2) is 5.69 Å². The Kier molecular flexibility index (Phi) is 5.59. The summed E-state index contributed by atoms with van der Waals surface area (Å²) in [6.07, 6.45) is -9.82. The highest BCUT2D eigenvalue weighted by molar-refractivity contribution is 7.89. The molecule has 1 aliphatic heterocycles. The number of benzene rings is 1. The number of anilines is 1. The number of nitrogens with one attached hydrogen (secondary N) is 2. The van der Waals surface area contributed by atoms with Crippen LogP contribution in [0.4, 0.5) is 37.7 Å². The molecule has 0 amide bonds. The van der Waals surface area contributed by atoms with Crippen LogP contribution in [-0.2, 0) is 16.2 Å². The molecule has 29 heavy (non-hydrogen) atoms. The number of amidine groups is 1. The molecule has 0 aliphatic carbocycles. The second-order valence-electron chi connectivity index (χ2n) is 6.32. The Morgan fingerprint density at radius 1 is 1.28 bits per heavy atom. The average Bonchev–Trinajstić information content (AvgIpc) is 2.96. The maximum absolute atomic E-state index is 13.1. The first-order chi connectivity index (χ1) is 13.0. The van der Waals surface area contributed by atoms with Gasteiger partial charge >= 0.3 is 12.4 Å². The van der Waals surface area contributed by atoms with Gasteiger partial charge in [0, 0.05) is 12.1 Å². The van der Waals surface area contributed by atoms with Gasteiger partial charge in [0.05, 0.1) is 18.4 Å². The molecule has 1 unspecified atom stereocenters. The smallest absolute Gasteiger partial charge is 0.341 e. The number of hydrogen-bond acceptors (Lipinski definition) is 4.